The maximum absolute atomic E-state index is 12.4. The van der Waals surface area contributed by atoms with E-state index in [1.807, 2.05) is 55.5 Å². The van der Waals surface area contributed by atoms with Crippen LogP contribution in [0.3, 0.4) is 0 Å². The summed E-state index contributed by atoms with van der Waals surface area (Å²) in [7, 11) is 0. The van der Waals surface area contributed by atoms with Gasteiger partial charge in [-0.05, 0) is 36.2 Å². The van der Waals surface area contributed by atoms with Crippen LogP contribution in [0.1, 0.15) is 21.5 Å². The molecule has 0 unspecified atom stereocenters. The van der Waals surface area contributed by atoms with Gasteiger partial charge >= 0.3 is 0 Å². The third-order valence-corrected chi connectivity index (χ3v) is 4.06. The Hall–Kier alpha value is -2.40. The first-order chi connectivity index (χ1) is 11.1. The molecular formula is C18H16BrN3O. The second-order valence-corrected chi connectivity index (χ2v) is 6.19. The molecule has 1 amide bonds. The van der Waals surface area contributed by atoms with E-state index in [1.54, 1.807) is 16.9 Å². The average Bonchev–Trinajstić information content (AvgIpc) is 2.94. The van der Waals surface area contributed by atoms with Gasteiger partial charge in [0.1, 0.15) is 5.82 Å². The van der Waals surface area contributed by atoms with Crippen LogP contribution in [0.5, 0.6) is 0 Å². The number of carbonyl (C=O) groups is 1. The zero-order valence-electron chi connectivity index (χ0n) is 12.7. The van der Waals surface area contributed by atoms with Crippen molar-refractivity contribution in [1.29, 1.82) is 0 Å². The summed E-state index contributed by atoms with van der Waals surface area (Å²) in [5.74, 6) is 0.553. The third kappa shape index (κ3) is 3.68. The van der Waals surface area contributed by atoms with Crippen molar-refractivity contribution in [2.75, 3.05) is 5.32 Å². The molecule has 0 radical (unpaired) electrons. The Kier molecular flexibility index (Phi) is 4.57. The molecule has 23 heavy (non-hydrogen) atoms. The van der Waals surface area contributed by atoms with Crippen LogP contribution in [-0.2, 0) is 6.54 Å². The number of carbonyl (C=O) groups excluding carboxylic acids is 1. The van der Waals surface area contributed by atoms with Gasteiger partial charge in [0, 0.05) is 16.1 Å². The van der Waals surface area contributed by atoms with Crippen molar-refractivity contribution in [3.05, 3.63) is 82.0 Å². The lowest BCUT2D eigenvalue weighted by molar-refractivity contribution is 0.102. The smallest absolute Gasteiger partial charge is 0.257 e. The Bertz CT molecular complexity index is 842. The lowest BCUT2D eigenvalue weighted by atomic mass is 10.1. The van der Waals surface area contributed by atoms with Gasteiger partial charge in [0.2, 0.25) is 0 Å². The van der Waals surface area contributed by atoms with Crippen LogP contribution in [0.25, 0.3) is 0 Å². The van der Waals surface area contributed by atoms with Crippen LogP contribution < -0.4 is 5.32 Å². The SMILES string of the molecule is Cc1ccccc1C(=O)Nc1ccnn1Cc1cccc(Br)c1. The Morgan fingerprint density at radius 1 is 1.17 bits per heavy atom. The number of benzene rings is 2. The molecule has 0 atom stereocenters. The standard InChI is InChI=1S/C18H16BrN3O/c1-13-5-2-3-8-16(13)18(23)21-17-9-10-20-22(17)12-14-6-4-7-15(19)11-14/h2-11H,12H2,1H3,(H,21,23). The molecule has 0 aliphatic rings. The van der Waals surface area contributed by atoms with E-state index >= 15 is 0 Å². The minimum Gasteiger partial charge on any atom is -0.307 e. The van der Waals surface area contributed by atoms with Crippen LogP contribution in [0.4, 0.5) is 5.82 Å². The highest BCUT2D eigenvalue weighted by molar-refractivity contribution is 9.10. The lowest BCUT2D eigenvalue weighted by Gasteiger charge is -2.10. The van der Waals surface area contributed by atoms with Gasteiger partial charge in [0.15, 0.2) is 0 Å². The molecule has 5 heteroatoms. The van der Waals surface area contributed by atoms with Crippen molar-refractivity contribution in [3.63, 3.8) is 0 Å². The molecule has 0 fully saturated rings. The van der Waals surface area contributed by atoms with Gasteiger partial charge in [-0.25, -0.2) is 4.68 Å². The van der Waals surface area contributed by atoms with Gasteiger partial charge in [0.05, 0.1) is 12.7 Å². The molecule has 1 aromatic heterocycles. The molecule has 1 heterocycles. The predicted octanol–water partition coefficient (Wildman–Crippen LogP) is 4.25. The van der Waals surface area contributed by atoms with Crippen LogP contribution in [0.2, 0.25) is 0 Å². The van der Waals surface area contributed by atoms with Crippen LogP contribution in [0.15, 0.2) is 65.3 Å². The quantitative estimate of drug-likeness (QED) is 0.746. The lowest BCUT2D eigenvalue weighted by Crippen LogP contribution is -2.17. The predicted molar refractivity (Wildman–Crippen MR) is 94.6 cm³/mol. The fraction of sp³-hybridized carbons (Fsp3) is 0.111. The number of anilines is 1. The second kappa shape index (κ2) is 6.79. The van der Waals surface area contributed by atoms with Gasteiger partial charge in [0.25, 0.3) is 5.91 Å². The zero-order valence-corrected chi connectivity index (χ0v) is 14.2. The molecule has 3 rings (SSSR count). The summed E-state index contributed by atoms with van der Waals surface area (Å²) >= 11 is 3.46. The van der Waals surface area contributed by atoms with E-state index in [4.69, 9.17) is 0 Å². The summed E-state index contributed by atoms with van der Waals surface area (Å²) in [5.41, 5.74) is 2.72. The fourth-order valence-electron chi connectivity index (χ4n) is 2.38. The van der Waals surface area contributed by atoms with Crippen molar-refractivity contribution in [2.24, 2.45) is 0 Å². The summed E-state index contributed by atoms with van der Waals surface area (Å²) in [6.07, 6.45) is 1.69. The highest BCUT2D eigenvalue weighted by Gasteiger charge is 2.11. The molecular weight excluding hydrogens is 354 g/mol. The summed E-state index contributed by atoms with van der Waals surface area (Å²) in [4.78, 5) is 12.4. The maximum atomic E-state index is 12.4. The molecule has 0 spiro atoms. The minimum absolute atomic E-state index is 0.126. The molecule has 1 N–H and O–H groups in total. The molecule has 0 saturated heterocycles. The van der Waals surface area contributed by atoms with Crippen molar-refractivity contribution >= 4 is 27.7 Å². The molecule has 3 aromatic rings. The monoisotopic (exact) mass is 369 g/mol. The molecule has 2 aromatic carbocycles. The van der Waals surface area contributed by atoms with Crippen molar-refractivity contribution in [3.8, 4) is 0 Å². The Labute approximate surface area is 143 Å². The van der Waals surface area contributed by atoms with Crippen molar-refractivity contribution < 1.29 is 4.79 Å². The van der Waals surface area contributed by atoms with E-state index in [0.717, 1.165) is 15.6 Å². The molecule has 4 nitrogen and oxygen atoms in total. The number of amides is 1. The first-order valence-electron chi connectivity index (χ1n) is 7.27. The second-order valence-electron chi connectivity index (χ2n) is 5.27. The number of aryl methyl sites for hydroxylation is 1. The minimum atomic E-state index is -0.126. The molecule has 0 aliphatic carbocycles. The summed E-state index contributed by atoms with van der Waals surface area (Å²) in [5, 5.41) is 7.23. The van der Waals surface area contributed by atoms with E-state index in [-0.39, 0.29) is 5.91 Å². The Balaban J connectivity index is 1.79. The van der Waals surface area contributed by atoms with Gasteiger partial charge in [-0.1, -0.05) is 46.3 Å². The maximum Gasteiger partial charge on any atom is 0.257 e. The van der Waals surface area contributed by atoms with Crippen LogP contribution >= 0.6 is 15.9 Å². The Morgan fingerprint density at radius 3 is 2.78 bits per heavy atom. The zero-order chi connectivity index (χ0) is 16.2. The average molecular weight is 370 g/mol. The van der Waals surface area contributed by atoms with E-state index in [0.29, 0.717) is 17.9 Å². The highest BCUT2D eigenvalue weighted by atomic mass is 79.9. The number of hydrogen-bond donors (Lipinski definition) is 1. The summed E-state index contributed by atoms with van der Waals surface area (Å²) < 4.78 is 2.80. The molecule has 0 saturated carbocycles. The van der Waals surface area contributed by atoms with Gasteiger partial charge in [-0.2, -0.15) is 5.10 Å². The number of nitrogens with zero attached hydrogens (tertiary/aromatic N) is 2. The third-order valence-electron chi connectivity index (χ3n) is 3.57. The molecule has 0 aliphatic heterocycles. The van der Waals surface area contributed by atoms with E-state index in [1.165, 1.54) is 0 Å². The largest absolute Gasteiger partial charge is 0.307 e. The summed E-state index contributed by atoms with van der Waals surface area (Å²) in [6, 6.07) is 17.3. The van der Waals surface area contributed by atoms with E-state index < -0.39 is 0 Å². The number of aromatic nitrogens is 2. The highest BCUT2D eigenvalue weighted by Crippen LogP contribution is 2.16. The Morgan fingerprint density at radius 2 is 2.00 bits per heavy atom. The van der Waals surface area contributed by atoms with Crippen molar-refractivity contribution in [1.82, 2.24) is 9.78 Å². The number of hydrogen-bond acceptors (Lipinski definition) is 2. The fourth-order valence-corrected chi connectivity index (χ4v) is 2.83. The van der Waals surface area contributed by atoms with E-state index in [2.05, 4.69) is 26.3 Å². The normalized spacial score (nSPS) is 10.5. The van der Waals surface area contributed by atoms with Crippen molar-refractivity contribution in [2.45, 2.75) is 13.5 Å². The van der Waals surface area contributed by atoms with Crippen LogP contribution in [-0.4, -0.2) is 15.7 Å². The van der Waals surface area contributed by atoms with Gasteiger partial charge in [-0.15, -0.1) is 0 Å². The van der Waals surface area contributed by atoms with Gasteiger partial charge in [-0.3, -0.25) is 4.79 Å². The number of nitrogens with one attached hydrogen (secondary N) is 1. The molecule has 0 bridgehead atoms. The number of rotatable bonds is 4. The first kappa shape index (κ1) is 15.5. The van der Waals surface area contributed by atoms with Crippen LogP contribution in [0, 0.1) is 6.92 Å². The summed E-state index contributed by atoms with van der Waals surface area (Å²) in [6.45, 7) is 2.52. The molecule has 116 valence electrons. The van der Waals surface area contributed by atoms with Gasteiger partial charge < -0.3 is 5.32 Å². The van der Waals surface area contributed by atoms with E-state index in [9.17, 15) is 4.79 Å². The first-order valence-corrected chi connectivity index (χ1v) is 8.06. The number of halogens is 1. The topological polar surface area (TPSA) is 46.9 Å².